The summed E-state index contributed by atoms with van der Waals surface area (Å²) in [6.07, 6.45) is 0. The minimum absolute atomic E-state index is 0.139. The van der Waals surface area contributed by atoms with Crippen LogP contribution >= 0.6 is 11.3 Å². The first-order valence-electron chi connectivity index (χ1n) is 7.20. The number of hydrogen-bond donors (Lipinski definition) is 1. The van der Waals surface area contributed by atoms with Crippen molar-refractivity contribution in [2.75, 3.05) is 12.3 Å². The molecule has 7 heteroatoms. The molecule has 0 amide bonds. The van der Waals surface area contributed by atoms with E-state index in [9.17, 15) is 14.9 Å². The molecule has 1 aromatic carbocycles. The molecular weight excluding hydrogens is 328 g/mol. The van der Waals surface area contributed by atoms with E-state index in [0.29, 0.717) is 5.56 Å². The van der Waals surface area contributed by atoms with Crippen LogP contribution in [-0.2, 0) is 16.1 Å². The Morgan fingerprint density at radius 2 is 1.88 bits per heavy atom. The summed E-state index contributed by atoms with van der Waals surface area (Å²) in [6.45, 7) is 3.56. The molecular formula is C17H16N2O4S. The summed E-state index contributed by atoms with van der Waals surface area (Å²) in [5, 5.41) is 9.42. The van der Waals surface area contributed by atoms with Crippen molar-refractivity contribution in [1.29, 1.82) is 5.26 Å². The number of thiophene rings is 1. The van der Waals surface area contributed by atoms with E-state index in [1.54, 1.807) is 31.2 Å². The molecule has 0 saturated heterocycles. The normalized spacial score (nSPS) is 10.0. The van der Waals surface area contributed by atoms with Crippen molar-refractivity contribution in [3.05, 3.63) is 51.4 Å². The van der Waals surface area contributed by atoms with Crippen LogP contribution in [0.5, 0.6) is 0 Å². The van der Waals surface area contributed by atoms with Crippen LogP contribution < -0.4 is 5.73 Å². The molecule has 0 spiro atoms. The van der Waals surface area contributed by atoms with Gasteiger partial charge in [0, 0.05) is 5.56 Å². The molecule has 0 aliphatic heterocycles. The summed E-state index contributed by atoms with van der Waals surface area (Å²) >= 11 is 0.952. The van der Waals surface area contributed by atoms with E-state index in [0.717, 1.165) is 16.9 Å². The molecule has 0 radical (unpaired) electrons. The minimum Gasteiger partial charge on any atom is -0.462 e. The third-order valence-corrected chi connectivity index (χ3v) is 4.28. The Balaban J connectivity index is 2.22. The van der Waals surface area contributed by atoms with Crippen molar-refractivity contribution in [2.45, 2.75) is 20.5 Å². The second-order valence-electron chi connectivity index (χ2n) is 4.92. The summed E-state index contributed by atoms with van der Waals surface area (Å²) in [6, 6.07) is 8.83. The quantitative estimate of drug-likeness (QED) is 0.836. The molecule has 0 aliphatic rings. The molecule has 0 aliphatic carbocycles. The zero-order valence-corrected chi connectivity index (χ0v) is 14.1. The molecule has 2 rings (SSSR count). The molecule has 6 nitrogen and oxygen atoms in total. The number of nitrogen functional groups attached to an aromatic ring is 1. The molecule has 0 unspecified atom stereocenters. The molecule has 1 heterocycles. The highest BCUT2D eigenvalue weighted by molar-refractivity contribution is 7.18. The first-order chi connectivity index (χ1) is 11.5. The van der Waals surface area contributed by atoms with Gasteiger partial charge in [-0.05, 0) is 26.0 Å². The number of carbonyl (C=O) groups excluding carboxylic acids is 2. The lowest BCUT2D eigenvalue weighted by atomic mass is 10.1. The first kappa shape index (κ1) is 17.5. The van der Waals surface area contributed by atoms with Crippen molar-refractivity contribution in [2.24, 2.45) is 0 Å². The number of nitrogens with two attached hydrogens (primary N) is 1. The van der Waals surface area contributed by atoms with E-state index in [-0.39, 0.29) is 34.2 Å². The van der Waals surface area contributed by atoms with Gasteiger partial charge in [-0.15, -0.1) is 11.3 Å². The highest BCUT2D eigenvalue weighted by atomic mass is 32.1. The Labute approximate surface area is 143 Å². The van der Waals surface area contributed by atoms with Crippen LogP contribution in [0.3, 0.4) is 0 Å². The van der Waals surface area contributed by atoms with Crippen LogP contribution in [0.4, 0.5) is 5.00 Å². The average molecular weight is 344 g/mol. The molecule has 0 saturated carbocycles. The van der Waals surface area contributed by atoms with E-state index in [1.807, 2.05) is 13.0 Å². The number of rotatable bonds is 5. The van der Waals surface area contributed by atoms with Crippen molar-refractivity contribution in [3.8, 4) is 6.07 Å². The Morgan fingerprint density at radius 3 is 2.46 bits per heavy atom. The molecule has 0 atom stereocenters. The summed E-state index contributed by atoms with van der Waals surface area (Å²) < 4.78 is 10.2. The van der Waals surface area contributed by atoms with Gasteiger partial charge in [0.25, 0.3) is 0 Å². The van der Waals surface area contributed by atoms with E-state index in [4.69, 9.17) is 15.2 Å². The Hall–Kier alpha value is -2.85. The maximum Gasteiger partial charge on any atom is 0.348 e. The van der Waals surface area contributed by atoms with E-state index < -0.39 is 11.9 Å². The zero-order chi connectivity index (χ0) is 17.7. The maximum atomic E-state index is 12.1. The molecule has 0 bridgehead atoms. The van der Waals surface area contributed by atoms with Crippen LogP contribution in [0.2, 0.25) is 0 Å². The van der Waals surface area contributed by atoms with Crippen molar-refractivity contribution >= 4 is 28.3 Å². The van der Waals surface area contributed by atoms with Gasteiger partial charge in [0.1, 0.15) is 22.6 Å². The smallest absolute Gasteiger partial charge is 0.348 e. The predicted octanol–water partition coefficient (Wildman–Crippen LogP) is 3.04. The minimum atomic E-state index is -0.586. The summed E-state index contributed by atoms with van der Waals surface area (Å²) in [5.74, 6) is -1.13. The fourth-order valence-corrected chi connectivity index (χ4v) is 2.93. The van der Waals surface area contributed by atoms with Gasteiger partial charge >= 0.3 is 11.9 Å². The second-order valence-corrected chi connectivity index (χ2v) is 5.98. The largest absolute Gasteiger partial charge is 0.462 e. The monoisotopic (exact) mass is 344 g/mol. The lowest BCUT2D eigenvalue weighted by Gasteiger charge is -2.07. The van der Waals surface area contributed by atoms with Gasteiger partial charge in [-0.3, -0.25) is 0 Å². The number of anilines is 1. The van der Waals surface area contributed by atoms with E-state index in [1.165, 1.54) is 0 Å². The van der Waals surface area contributed by atoms with Crippen molar-refractivity contribution in [3.63, 3.8) is 0 Å². The van der Waals surface area contributed by atoms with Crippen LogP contribution in [-0.4, -0.2) is 18.5 Å². The number of aryl methyl sites for hydroxylation is 1. The number of ether oxygens (including phenoxy) is 2. The number of hydrogen-bond acceptors (Lipinski definition) is 7. The highest BCUT2D eigenvalue weighted by Crippen LogP contribution is 2.32. The molecule has 0 fully saturated rings. The fourth-order valence-electron chi connectivity index (χ4n) is 2.02. The van der Waals surface area contributed by atoms with Crippen molar-refractivity contribution < 1.29 is 19.1 Å². The standard InChI is InChI=1S/C17H16N2O4S/c1-3-22-17(21)14-13(12(8-18)15(19)24-14)9-23-16(20)11-6-4-10(2)5-7-11/h4-7H,3,9,19H2,1-2H3. The van der Waals surface area contributed by atoms with Crippen LogP contribution in [0, 0.1) is 18.3 Å². The van der Waals surface area contributed by atoms with Crippen LogP contribution in [0.1, 0.15) is 43.6 Å². The lowest BCUT2D eigenvalue weighted by Crippen LogP contribution is -2.10. The Morgan fingerprint density at radius 1 is 1.21 bits per heavy atom. The SMILES string of the molecule is CCOC(=O)c1sc(N)c(C#N)c1COC(=O)c1ccc(C)cc1. The summed E-state index contributed by atoms with van der Waals surface area (Å²) in [7, 11) is 0. The molecule has 1 aromatic heterocycles. The summed E-state index contributed by atoms with van der Waals surface area (Å²) in [5.41, 5.74) is 7.59. The van der Waals surface area contributed by atoms with Gasteiger partial charge in [-0.25, -0.2) is 9.59 Å². The van der Waals surface area contributed by atoms with E-state index in [2.05, 4.69) is 0 Å². The third kappa shape index (κ3) is 3.73. The second kappa shape index (κ2) is 7.62. The Bertz CT molecular complexity index is 803. The highest BCUT2D eigenvalue weighted by Gasteiger charge is 2.24. The molecule has 124 valence electrons. The molecule has 24 heavy (non-hydrogen) atoms. The molecule has 2 N–H and O–H groups in total. The number of esters is 2. The lowest BCUT2D eigenvalue weighted by molar-refractivity contribution is 0.0452. The van der Waals surface area contributed by atoms with Crippen LogP contribution in [0.25, 0.3) is 0 Å². The van der Waals surface area contributed by atoms with Gasteiger partial charge in [-0.2, -0.15) is 5.26 Å². The fraction of sp³-hybridized carbons (Fsp3) is 0.235. The van der Waals surface area contributed by atoms with Crippen molar-refractivity contribution in [1.82, 2.24) is 0 Å². The van der Waals surface area contributed by atoms with Crippen LogP contribution in [0.15, 0.2) is 24.3 Å². The Kier molecular flexibility index (Phi) is 5.55. The topological polar surface area (TPSA) is 102 Å². The predicted molar refractivity (Wildman–Crippen MR) is 89.7 cm³/mol. The first-order valence-corrected chi connectivity index (χ1v) is 8.01. The van der Waals surface area contributed by atoms with Gasteiger partial charge < -0.3 is 15.2 Å². The molecule has 2 aromatic rings. The van der Waals surface area contributed by atoms with E-state index >= 15 is 0 Å². The van der Waals surface area contributed by atoms with Gasteiger partial charge in [0.2, 0.25) is 0 Å². The zero-order valence-electron chi connectivity index (χ0n) is 13.3. The third-order valence-electron chi connectivity index (χ3n) is 3.24. The summed E-state index contributed by atoms with van der Waals surface area (Å²) in [4.78, 5) is 24.3. The number of nitrogens with zero attached hydrogens (tertiary/aromatic N) is 1. The number of nitriles is 1. The average Bonchev–Trinajstić information content (AvgIpc) is 2.89. The number of carbonyl (C=O) groups is 2. The van der Waals surface area contributed by atoms with Gasteiger partial charge in [0.05, 0.1) is 17.7 Å². The maximum absolute atomic E-state index is 12.1. The van der Waals surface area contributed by atoms with Gasteiger partial charge in [0.15, 0.2) is 0 Å². The number of benzene rings is 1. The van der Waals surface area contributed by atoms with Gasteiger partial charge in [-0.1, -0.05) is 17.7 Å².